The van der Waals surface area contributed by atoms with Gasteiger partial charge in [0.2, 0.25) is 5.88 Å². The molecule has 1 fully saturated rings. The van der Waals surface area contributed by atoms with Crippen molar-refractivity contribution in [2.24, 2.45) is 0 Å². The lowest BCUT2D eigenvalue weighted by atomic mass is 10.0. The molecule has 8 heteroatoms. The summed E-state index contributed by atoms with van der Waals surface area (Å²) in [5, 5.41) is 0. The monoisotopic (exact) mass is 378 g/mol. The van der Waals surface area contributed by atoms with Crippen LogP contribution in [0.1, 0.15) is 61.3 Å². The number of amides is 1. The lowest BCUT2D eigenvalue weighted by Crippen LogP contribution is -2.50. The first-order valence-electron chi connectivity index (χ1n) is 8.85. The lowest BCUT2D eigenvalue weighted by molar-refractivity contribution is -0.00608. The van der Waals surface area contributed by atoms with E-state index >= 15 is 0 Å². The van der Waals surface area contributed by atoms with Crippen LogP contribution >= 0.6 is 0 Å². The molecule has 0 bridgehead atoms. The Balaban J connectivity index is 2.17. The minimum atomic E-state index is -0.642. The fraction of sp³-hybridized carbons (Fsp3) is 0.579. The summed E-state index contributed by atoms with van der Waals surface area (Å²) in [5.74, 6) is -0.589. The maximum atomic E-state index is 12.4. The van der Waals surface area contributed by atoms with E-state index in [-0.39, 0.29) is 29.2 Å². The van der Waals surface area contributed by atoms with Crippen molar-refractivity contribution in [2.45, 2.75) is 58.3 Å². The van der Waals surface area contributed by atoms with Crippen LogP contribution in [-0.4, -0.2) is 59.6 Å². The fourth-order valence-corrected chi connectivity index (χ4v) is 2.85. The first-order chi connectivity index (χ1) is 12.7. The molecule has 2 atom stereocenters. The zero-order valence-corrected chi connectivity index (χ0v) is 16.4. The van der Waals surface area contributed by atoms with Crippen molar-refractivity contribution < 1.29 is 28.6 Å². The molecular weight excluding hydrogens is 352 g/mol. The average Bonchev–Trinajstić information content (AvgIpc) is 2.60. The molecule has 1 aromatic rings. The standard InChI is InChI=1S/C19H26N2O6/c1-12-6-7-13(10-21(12)18(24)27-19(2,3)4)26-16-15(11-22)14(8-9-20-16)17(23)25-5/h8-9,11-13H,6-7,10H2,1-5H3/t12-,13-/m1/s1. The second-order valence-electron chi connectivity index (χ2n) is 7.49. The van der Waals surface area contributed by atoms with Gasteiger partial charge in [-0.15, -0.1) is 0 Å². The van der Waals surface area contributed by atoms with Gasteiger partial charge in [0.1, 0.15) is 11.7 Å². The average molecular weight is 378 g/mol. The summed E-state index contributed by atoms with van der Waals surface area (Å²) in [6, 6.07) is 1.41. The summed E-state index contributed by atoms with van der Waals surface area (Å²) < 4.78 is 16.0. The molecule has 0 aliphatic carbocycles. The van der Waals surface area contributed by atoms with Crippen LogP contribution in [0.3, 0.4) is 0 Å². The Bertz CT molecular complexity index is 713. The van der Waals surface area contributed by atoms with Crippen molar-refractivity contribution in [3.8, 4) is 5.88 Å². The minimum absolute atomic E-state index is 0.0135. The van der Waals surface area contributed by atoms with Crippen molar-refractivity contribution in [3.63, 3.8) is 0 Å². The fourth-order valence-electron chi connectivity index (χ4n) is 2.85. The molecule has 1 amide bonds. The van der Waals surface area contributed by atoms with Gasteiger partial charge in [0.15, 0.2) is 6.29 Å². The Kier molecular flexibility index (Phi) is 6.41. The van der Waals surface area contributed by atoms with Crippen LogP contribution in [0.15, 0.2) is 12.3 Å². The third-order valence-corrected chi connectivity index (χ3v) is 4.22. The van der Waals surface area contributed by atoms with Crippen molar-refractivity contribution >= 4 is 18.3 Å². The molecule has 1 saturated heterocycles. The number of rotatable bonds is 4. The van der Waals surface area contributed by atoms with Gasteiger partial charge in [-0.25, -0.2) is 14.6 Å². The predicted octanol–water partition coefficient (Wildman–Crippen LogP) is 2.85. The molecule has 0 radical (unpaired) electrons. The molecule has 0 N–H and O–H groups in total. The van der Waals surface area contributed by atoms with Crippen LogP contribution in [0.25, 0.3) is 0 Å². The number of carbonyl (C=O) groups excluding carboxylic acids is 3. The maximum absolute atomic E-state index is 12.4. The highest BCUT2D eigenvalue weighted by Gasteiger charge is 2.33. The van der Waals surface area contributed by atoms with Gasteiger partial charge in [0, 0.05) is 12.2 Å². The first-order valence-corrected chi connectivity index (χ1v) is 8.85. The largest absolute Gasteiger partial charge is 0.472 e. The van der Waals surface area contributed by atoms with E-state index in [9.17, 15) is 14.4 Å². The van der Waals surface area contributed by atoms with Gasteiger partial charge in [0.05, 0.1) is 24.8 Å². The smallest absolute Gasteiger partial charge is 0.410 e. The zero-order chi connectivity index (χ0) is 20.2. The van der Waals surface area contributed by atoms with E-state index in [0.29, 0.717) is 19.3 Å². The molecule has 1 aliphatic rings. The summed E-state index contributed by atoms with van der Waals surface area (Å²) in [6.07, 6.45) is 2.53. The minimum Gasteiger partial charge on any atom is -0.472 e. The number of likely N-dealkylation sites (tertiary alicyclic amines) is 1. The molecule has 2 rings (SSSR count). The van der Waals surface area contributed by atoms with Gasteiger partial charge in [-0.1, -0.05) is 0 Å². The van der Waals surface area contributed by atoms with Gasteiger partial charge in [-0.2, -0.15) is 0 Å². The summed E-state index contributed by atoms with van der Waals surface area (Å²) in [5.41, 5.74) is -0.469. The molecule has 1 aliphatic heterocycles. The van der Waals surface area contributed by atoms with Crippen LogP contribution in [0.2, 0.25) is 0 Å². The molecule has 0 saturated carbocycles. The van der Waals surface area contributed by atoms with Gasteiger partial charge >= 0.3 is 12.1 Å². The van der Waals surface area contributed by atoms with Crippen LogP contribution < -0.4 is 4.74 Å². The Morgan fingerprint density at radius 3 is 2.59 bits per heavy atom. The number of aromatic nitrogens is 1. The van der Waals surface area contributed by atoms with E-state index < -0.39 is 17.7 Å². The molecule has 1 aromatic heterocycles. The maximum Gasteiger partial charge on any atom is 0.410 e. The van der Waals surface area contributed by atoms with Gasteiger partial charge < -0.3 is 19.1 Å². The number of methoxy groups -OCH3 is 1. The second-order valence-corrected chi connectivity index (χ2v) is 7.49. The van der Waals surface area contributed by atoms with Crippen LogP contribution in [0.5, 0.6) is 5.88 Å². The number of ether oxygens (including phenoxy) is 3. The number of hydrogen-bond donors (Lipinski definition) is 0. The summed E-state index contributed by atoms with van der Waals surface area (Å²) >= 11 is 0. The van der Waals surface area contributed by atoms with E-state index in [4.69, 9.17) is 9.47 Å². The van der Waals surface area contributed by atoms with E-state index in [1.165, 1.54) is 19.4 Å². The highest BCUT2D eigenvalue weighted by molar-refractivity contribution is 5.99. The zero-order valence-electron chi connectivity index (χ0n) is 16.4. The number of aldehydes is 1. The predicted molar refractivity (Wildman–Crippen MR) is 97.0 cm³/mol. The number of piperidine rings is 1. The van der Waals surface area contributed by atoms with Crippen LogP contribution in [-0.2, 0) is 9.47 Å². The van der Waals surface area contributed by atoms with Gasteiger partial charge in [0.25, 0.3) is 0 Å². The van der Waals surface area contributed by atoms with Gasteiger partial charge in [-0.3, -0.25) is 4.79 Å². The Labute approximate surface area is 158 Å². The Morgan fingerprint density at radius 2 is 2.00 bits per heavy atom. The topological polar surface area (TPSA) is 95.0 Å². The van der Waals surface area contributed by atoms with Crippen molar-refractivity contribution in [1.82, 2.24) is 9.88 Å². The van der Waals surface area contributed by atoms with E-state index in [2.05, 4.69) is 9.72 Å². The highest BCUT2D eigenvalue weighted by atomic mass is 16.6. The van der Waals surface area contributed by atoms with E-state index in [0.717, 1.165) is 6.42 Å². The highest BCUT2D eigenvalue weighted by Crippen LogP contribution is 2.26. The normalized spacial score (nSPS) is 20.0. The van der Waals surface area contributed by atoms with Crippen LogP contribution in [0, 0.1) is 0 Å². The summed E-state index contributed by atoms with van der Waals surface area (Å²) in [6.45, 7) is 7.69. The molecule has 2 heterocycles. The number of carbonyl (C=O) groups is 3. The molecule has 148 valence electrons. The third kappa shape index (κ3) is 5.18. The third-order valence-electron chi connectivity index (χ3n) is 4.22. The van der Waals surface area contributed by atoms with Gasteiger partial charge in [-0.05, 0) is 46.6 Å². The molecule has 0 unspecified atom stereocenters. The number of esters is 1. The molecular formula is C19H26N2O6. The number of nitrogens with zero attached hydrogens (tertiary/aromatic N) is 2. The van der Waals surface area contributed by atoms with E-state index in [1.807, 2.05) is 27.7 Å². The number of hydrogen-bond acceptors (Lipinski definition) is 7. The summed E-state index contributed by atoms with van der Waals surface area (Å²) in [7, 11) is 1.24. The summed E-state index contributed by atoms with van der Waals surface area (Å²) in [4.78, 5) is 41.4. The second kappa shape index (κ2) is 8.37. The van der Waals surface area contributed by atoms with E-state index in [1.54, 1.807) is 4.90 Å². The quantitative estimate of drug-likeness (QED) is 0.587. The molecule has 8 nitrogen and oxygen atoms in total. The van der Waals surface area contributed by atoms with Crippen molar-refractivity contribution in [1.29, 1.82) is 0 Å². The number of pyridine rings is 1. The molecule has 0 aromatic carbocycles. The molecule has 27 heavy (non-hydrogen) atoms. The van der Waals surface area contributed by atoms with Crippen molar-refractivity contribution in [2.75, 3.05) is 13.7 Å². The Morgan fingerprint density at radius 1 is 1.30 bits per heavy atom. The molecule has 0 spiro atoms. The SMILES string of the molecule is COC(=O)c1ccnc(O[C@@H]2CC[C@@H](C)N(C(=O)OC(C)(C)C)C2)c1C=O. The Hall–Kier alpha value is -2.64. The van der Waals surface area contributed by atoms with Crippen LogP contribution in [0.4, 0.5) is 4.79 Å². The lowest BCUT2D eigenvalue weighted by Gasteiger charge is -2.38. The van der Waals surface area contributed by atoms with Crippen molar-refractivity contribution in [3.05, 3.63) is 23.4 Å². The first kappa shape index (κ1) is 20.7.